The van der Waals surface area contributed by atoms with Gasteiger partial charge in [-0.05, 0) is 18.2 Å². The molecule has 150 valence electrons. The third-order valence-electron chi connectivity index (χ3n) is 5.04. The first-order valence-corrected chi connectivity index (χ1v) is 9.00. The minimum Gasteiger partial charge on any atom is -0.496 e. The van der Waals surface area contributed by atoms with E-state index in [2.05, 4.69) is 20.2 Å². The van der Waals surface area contributed by atoms with Crippen LogP contribution in [0.1, 0.15) is 0 Å². The second-order valence-corrected chi connectivity index (χ2v) is 6.75. The van der Waals surface area contributed by atoms with Gasteiger partial charge in [0, 0.05) is 36.3 Å². The molecule has 0 unspecified atom stereocenters. The summed E-state index contributed by atoms with van der Waals surface area (Å²) in [4.78, 5) is 21.6. The molecule has 0 saturated heterocycles. The maximum atomic E-state index is 14.6. The second-order valence-electron chi connectivity index (χ2n) is 6.75. The summed E-state index contributed by atoms with van der Waals surface area (Å²) in [6.45, 7) is 0. The first-order valence-electron chi connectivity index (χ1n) is 9.00. The van der Waals surface area contributed by atoms with Gasteiger partial charge in [-0.25, -0.2) is 18.7 Å². The lowest BCUT2D eigenvalue weighted by Crippen LogP contribution is -2.22. The maximum Gasteiger partial charge on any atom is 0.334 e. The first kappa shape index (κ1) is 17.9. The molecule has 0 radical (unpaired) electrons. The van der Waals surface area contributed by atoms with Gasteiger partial charge >= 0.3 is 5.69 Å². The number of nitrogens with one attached hydrogen (secondary N) is 1. The molecule has 3 N–H and O–H groups in total. The van der Waals surface area contributed by atoms with E-state index in [4.69, 9.17) is 10.5 Å². The van der Waals surface area contributed by atoms with Gasteiger partial charge in [-0.1, -0.05) is 0 Å². The number of fused-ring (bicyclic) bond motifs is 3. The van der Waals surface area contributed by atoms with E-state index in [1.807, 2.05) is 6.07 Å². The Morgan fingerprint density at radius 3 is 2.77 bits per heavy atom. The number of pyridine rings is 2. The fourth-order valence-electron chi connectivity index (χ4n) is 3.62. The van der Waals surface area contributed by atoms with Crippen LogP contribution < -0.4 is 16.2 Å². The lowest BCUT2D eigenvalue weighted by atomic mass is 10.1. The minimum atomic E-state index is -0.605. The number of hydrogen-bond donors (Lipinski definition) is 2. The zero-order chi connectivity index (χ0) is 21.0. The largest absolute Gasteiger partial charge is 0.496 e. The Hall–Kier alpha value is -4.21. The summed E-state index contributed by atoms with van der Waals surface area (Å²) in [6.07, 6.45) is 3.01. The number of benzene rings is 1. The number of nitrogens with zero attached hydrogens (tertiary/aromatic N) is 5. The molecule has 30 heavy (non-hydrogen) atoms. The average molecular weight is 405 g/mol. The lowest BCUT2D eigenvalue weighted by Gasteiger charge is -2.11. The highest BCUT2D eigenvalue weighted by molar-refractivity contribution is 6.05. The number of rotatable bonds is 3. The van der Waals surface area contributed by atoms with Crippen LogP contribution in [0.5, 0.6) is 5.75 Å². The zero-order valence-corrected chi connectivity index (χ0v) is 16.0. The number of hydrogen-bond acceptors (Lipinski definition) is 6. The fourth-order valence-corrected chi connectivity index (χ4v) is 3.62. The van der Waals surface area contributed by atoms with Gasteiger partial charge in [0.15, 0.2) is 11.6 Å². The van der Waals surface area contributed by atoms with E-state index in [0.29, 0.717) is 44.8 Å². The number of anilines is 1. The van der Waals surface area contributed by atoms with Crippen LogP contribution in [0.2, 0.25) is 0 Å². The summed E-state index contributed by atoms with van der Waals surface area (Å²) < 4.78 is 22.7. The number of aromatic amines is 1. The van der Waals surface area contributed by atoms with Crippen molar-refractivity contribution in [2.75, 3.05) is 12.8 Å². The van der Waals surface area contributed by atoms with E-state index in [9.17, 15) is 9.18 Å². The van der Waals surface area contributed by atoms with E-state index in [1.54, 1.807) is 32.5 Å². The molecule has 10 heteroatoms. The third kappa shape index (κ3) is 2.47. The van der Waals surface area contributed by atoms with Crippen molar-refractivity contribution >= 4 is 27.8 Å². The second kappa shape index (κ2) is 6.41. The van der Waals surface area contributed by atoms with Gasteiger partial charge in [0.1, 0.15) is 11.6 Å². The smallest absolute Gasteiger partial charge is 0.334 e. The van der Waals surface area contributed by atoms with Gasteiger partial charge < -0.3 is 10.5 Å². The third-order valence-corrected chi connectivity index (χ3v) is 5.04. The Kier molecular flexibility index (Phi) is 3.82. The predicted octanol–water partition coefficient (Wildman–Crippen LogP) is 2.39. The molecule has 0 bridgehead atoms. The molecule has 1 aromatic carbocycles. The molecular weight excluding hydrogens is 389 g/mol. The number of aromatic nitrogens is 6. The molecule has 0 aliphatic rings. The highest BCUT2D eigenvalue weighted by Gasteiger charge is 2.21. The van der Waals surface area contributed by atoms with Gasteiger partial charge in [-0.3, -0.25) is 14.6 Å². The van der Waals surface area contributed by atoms with E-state index < -0.39 is 11.5 Å². The van der Waals surface area contributed by atoms with Crippen molar-refractivity contribution in [2.24, 2.45) is 7.05 Å². The van der Waals surface area contributed by atoms with Crippen molar-refractivity contribution < 1.29 is 9.13 Å². The van der Waals surface area contributed by atoms with E-state index in [1.165, 1.54) is 27.5 Å². The zero-order valence-electron chi connectivity index (χ0n) is 16.0. The number of aryl methyl sites for hydroxylation is 1. The van der Waals surface area contributed by atoms with Crippen molar-refractivity contribution in [3.05, 3.63) is 59.0 Å². The van der Waals surface area contributed by atoms with Crippen LogP contribution >= 0.6 is 0 Å². The number of ether oxygens (including phenoxy) is 1. The summed E-state index contributed by atoms with van der Waals surface area (Å²) in [5.74, 6) is 0.193. The quantitative estimate of drug-likeness (QED) is 0.476. The highest BCUT2D eigenvalue weighted by Crippen LogP contribution is 2.36. The topological polar surface area (TPSA) is 117 Å². The van der Waals surface area contributed by atoms with Crippen LogP contribution in [-0.2, 0) is 7.05 Å². The van der Waals surface area contributed by atoms with Crippen molar-refractivity contribution in [3.8, 4) is 22.8 Å². The monoisotopic (exact) mass is 405 g/mol. The first-order chi connectivity index (χ1) is 14.5. The predicted molar refractivity (Wildman–Crippen MR) is 110 cm³/mol. The molecule has 0 amide bonds. The van der Waals surface area contributed by atoms with Crippen molar-refractivity contribution in [3.63, 3.8) is 0 Å². The van der Waals surface area contributed by atoms with Crippen LogP contribution in [0.4, 0.5) is 10.2 Å². The molecule has 0 saturated carbocycles. The Labute approximate surface area is 168 Å². The van der Waals surface area contributed by atoms with Crippen molar-refractivity contribution in [1.29, 1.82) is 0 Å². The summed E-state index contributed by atoms with van der Waals surface area (Å²) in [5.41, 5.74) is 8.24. The summed E-state index contributed by atoms with van der Waals surface area (Å²) >= 11 is 0. The molecule has 0 spiro atoms. The number of H-pyrrole nitrogens is 1. The van der Waals surface area contributed by atoms with Crippen LogP contribution in [0.3, 0.4) is 0 Å². The Morgan fingerprint density at radius 1 is 1.23 bits per heavy atom. The molecule has 0 aliphatic carbocycles. The number of nitrogens with two attached hydrogens (primary N) is 1. The average Bonchev–Trinajstić information content (AvgIpc) is 3.29. The molecule has 0 fully saturated rings. The van der Waals surface area contributed by atoms with Gasteiger partial charge in [0.05, 0.1) is 35.6 Å². The molecule has 0 aliphatic heterocycles. The molecule has 4 heterocycles. The van der Waals surface area contributed by atoms with Crippen molar-refractivity contribution in [1.82, 2.24) is 29.3 Å². The SMILES string of the molecule is COc1cc2ncc3c(c2cc1-c1cc(N)n[nH]1)n(-c1ncccc1F)c(=O)n3C. The summed E-state index contributed by atoms with van der Waals surface area (Å²) in [5, 5.41) is 7.45. The standard InChI is InChI=1S/C20H16FN7O2/c1-27-15-9-24-13-7-16(30-2)10(14-8-17(22)26-25-14)6-11(13)18(15)28(20(27)29)19-12(21)4-3-5-23-19/h3-9H,1-2H3,(H3,22,25,26). The van der Waals surface area contributed by atoms with E-state index in [0.717, 1.165) is 0 Å². The van der Waals surface area contributed by atoms with Crippen LogP contribution in [0, 0.1) is 5.82 Å². The van der Waals surface area contributed by atoms with Gasteiger partial charge in [-0.15, -0.1) is 0 Å². The number of methoxy groups -OCH3 is 1. The molecule has 0 atom stereocenters. The van der Waals surface area contributed by atoms with E-state index >= 15 is 0 Å². The maximum absolute atomic E-state index is 14.6. The van der Waals surface area contributed by atoms with Gasteiger partial charge in [-0.2, -0.15) is 5.10 Å². The molecule has 9 nitrogen and oxygen atoms in total. The molecule has 4 aromatic heterocycles. The number of nitrogen functional groups attached to an aromatic ring is 1. The van der Waals surface area contributed by atoms with Crippen LogP contribution in [0.15, 0.2) is 47.5 Å². The van der Waals surface area contributed by atoms with Gasteiger partial charge in [0.2, 0.25) is 0 Å². The molecule has 5 rings (SSSR count). The Bertz CT molecular complexity index is 1500. The van der Waals surface area contributed by atoms with Gasteiger partial charge in [0.25, 0.3) is 0 Å². The normalized spacial score (nSPS) is 11.4. The number of halogens is 1. The summed E-state index contributed by atoms with van der Waals surface area (Å²) in [6, 6.07) is 7.97. The number of imidazole rings is 1. The highest BCUT2D eigenvalue weighted by atomic mass is 19.1. The van der Waals surface area contributed by atoms with Crippen LogP contribution in [-0.4, -0.2) is 36.4 Å². The minimum absolute atomic E-state index is 0.0799. The lowest BCUT2D eigenvalue weighted by molar-refractivity contribution is 0.417. The Morgan fingerprint density at radius 2 is 2.07 bits per heavy atom. The summed E-state index contributed by atoms with van der Waals surface area (Å²) in [7, 11) is 3.15. The van der Waals surface area contributed by atoms with Crippen LogP contribution in [0.25, 0.3) is 39.0 Å². The van der Waals surface area contributed by atoms with E-state index in [-0.39, 0.29) is 5.82 Å². The molecular formula is C20H16FN7O2. The van der Waals surface area contributed by atoms with Crippen molar-refractivity contribution in [2.45, 2.75) is 0 Å². The fraction of sp³-hybridized carbons (Fsp3) is 0.100. The molecule has 5 aromatic rings. The Balaban J connectivity index is 1.95.